The largest absolute Gasteiger partial charge is 0.445 e. The average molecular weight is 563 g/mol. The van der Waals surface area contributed by atoms with Gasteiger partial charge in [-0.1, -0.05) is 37.3 Å². The van der Waals surface area contributed by atoms with Gasteiger partial charge in [-0.3, -0.25) is 0 Å². The molecule has 1 aromatic rings. The number of alkyl carbamates (subject to hydrolysis) is 2. The highest BCUT2D eigenvalue weighted by Crippen LogP contribution is 2.27. The summed E-state index contributed by atoms with van der Waals surface area (Å²) in [6.07, 6.45) is 2.73. The van der Waals surface area contributed by atoms with Gasteiger partial charge in [0, 0.05) is 18.6 Å². The number of benzene rings is 1. The summed E-state index contributed by atoms with van der Waals surface area (Å²) >= 11 is 0. The first kappa shape index (κ1) is 33.2. The van der Waals surface area contributed by atoms with Gasteiger partial charge in [0.15, 0.2) is 0 Å². The van der Waals surface area contributed by atoms with E-state index in [1.165, 1.54) is 0 Å². The van der Waals surface area contributed by atoms with Crippen LogP contribution in [0, 0.1) is 0 Å². The molecule has 10 heteroatoms. The maximum absolute atomic E-state index is 12.4. The van der Waals surface area contributed by atoms with Crippen LogP contribution < -0.4 is 16.0 Å². The molecule has 2 fully saturated rings. The lowest BCUT2D eigenvalue weighted by Gasteiger charge is -2.43. The van der Waals surface area contributed by atoms with E-state index in [1.54, 1.807) is 4.90 Å². The van der Waals surface area contributed by atoms with E-state index in [0.29, 0.717) is 12.6 Å². The Kier molecular flexibility index (Phi) is 12.5. The first-order valence-electron chi connectivity index (χ1n) is 14.4. The molecular formula is C30H50N4O6. The maximum atomic E-state index is 12.4. The first-order chi connectivity index (χ1) is 18.7. The van der Waals surface area contributed by atoms with Crippen LogP contribution in [0.2, 0.25) is 0 Å². The number of carbonyl (C=O) groups is 3. The van der Waals surface area contributed by atoms with Crippen LogP contribution in [0.15, 0.2) is 30.3 Å². The highest BCUT2D eigenvalue weighted by Gasteiger charge is 2.39. The summed E-state index contributed by atoms with van der Waals surface area (Å²) in [5.41, 5.74) is -0.00637. The van der Waals surface area contributed by atoms with E-state index >= 15 is 0 Å². The van der Waals surface area contributed by atoms with E-state index in [4.69, 9.17) is 14.2 Å². The second-order valence-electron chi connectivity index (χ2n) is 12.2. The van der Waals surface area contributed by atoms with Crippen LogP contribution in [-0.2, 0) is 20.8 Å². The third-order valence-electron chi connectivity index (χ3n) is 6.56. The molecule has 40 heavy (non-hydrogen) atoms. The van der Waals surface area contributed by atoms with Crippen molar-refractivity contribution < 1.29 is 28.6 Å². The first-order valence-corrected chi connectivity index (χ1v) is 14.4. The molecule has 2 aliphatic rings. The fourth-order valence-corrected chi connectivity index (χ4v) is 4.42. The second kappa shape index (κ2) is 15.1. The zero-order valence-corrected chi connectivity index (χ0v) is 25.5. The van der Waals surface area contributed by atoms with Gasteiger partial charge >= 0.3 is 18.3 Å². The van der Waals surface area contributed by atoms with Crippen LogP contribution in [-0.4, -0.2) is 71.6 Å². The lowest BCUT2D eigenvalue weighted by atomic mass is 9.85. The molecule has 2 saturated carbocycles. The van der Waals surface area contributed by atoms with Gasteiger partial charge < -0.3 is 35.1 Å². The highest BCUT2D eigenvalue weighted by atomic mass is 16.6. The number of likely N-dealkylation sites (N-methyl/N-ethyl adjacent to an activating group) is 2. The number of nitrogens with one attached hydrogen (secondary N) is 3. The zero-order valence-electron chi connectivity index (χ0n) is 25.5. The number of nitrogens with zero attached hydrogens (tertiary/aromatic N) is 1. The van der Waals surface area contributed by atoms with Crippen LogP contribution >= 0.6 is 0 Å². The van der Waals surface area contributed by atoms with Gasteiger partial charge in [-0.25, -0.2) is 14.4 Å². The van der Waals surface area contributed by atoms with Crippen molar-refractivity contribution in [3.8, 4) is 0 Å². The fourth-order valence-electron chi connectivity index (χ4n) is 4.42. The summed E-state index contributed by atoms with van der Waals surface area (Å²) in [5, 5.41) is 9.07. The van der Waals surface area contributed by atoms with E-state index in [1.807, 2.05) is 78.8 Å². The molecule has 0 unspecified atom stereocenters. The molecule has 10 nitrogen and oxygen atoms in total. The molecule has 3 rings (SSSR count). The Labute approximate surface area is 239 Å². The third kappa shape index (κ3) is 11.6. The van der Waals surface area contributed by atoms with Gasteiger partial charge in [0.1, 0.15) is 17.8 Å². The molecular weight excluding hydrogens is 512 g/mol. The lowest BCUT2D eigenvalue weighted by Crippen LogP contribution is -2.60. The van der Waals surface area contributed by atoms with E-state index < -0.39 is 17.3 Å². The normalized spacial score (nSPS) is 21.8. The van der Waals surface area contributed by atoms with Crippen LogP contribution in [0.1, 0.15) is 86.6 Å². The molecule has 0 saturated heterocycles. The molecule has 0 aliphatic heterocycles. The smallest absolute Gasteiger partial charge is 0.410 e. The molecule has 226 valence electrons. The molecule has 1 aromatic carbocycles. The van der Waals surface area contributed by atoms with E-state index in [-0.39, 0.29) is 36.9 Å². The summed E-state index contributed by atoms with van der Waals surface area (Å²) in [7, 11) is 0. The molecule has 0 spiro atoms. The quantitative estimate of drug-likeness (QED) is 0.366. The highest BCUT2D eigenvalue weighted by molar-refractivity contribution is 5.70. The van der Waals surface area contributed by atoms with Crippen molar-refractivity contribution >= 4 is 18.3 Å². The Morgan fingerprint density at radius 3 is 1.75 bits per heavy atom. The molecule has 2 aliphatic carbocycles. The van der Waals surface area contributed by atoms with Gasteiger partial charge in [0.2, 0.25) is 0 Å². The fraction of sp³-hybridized carbons (Fsp3) is 0.700. The van der Waals surface area contributed by atoms with Crippen LogP contribution in [0.3, 0.4) is 0 Å². The van der Waals surface area contributed by atoms with Gasteiger partial charge in [-0.15, -0.1) is 0 Å². The standard InChI is InChI=1S/C19H28N2O4.C11H22N2O2/c1-5-21(18(23)24-13-14-9-7-6-8-10-14)16-12-11-15(16)20-17(22)25-19(2,3)4;1-5-12-8-6-7-9(8)13-10(14)15-11(2,3)4/h6-10,15-16H,5,11-13H2,1-4H3,(H,20,22);8-9,12H,5-7H2,1-4H3,(H,13,14)/t15-,16-;8-,9-/m00/s1. The van der Waals surface area contributed by atoms with Gasteiger partial charge in [0.25, 0.3) is 0 Å². The number of carbonyl (C=O) groups excluding carboxylic acids is 3. The van der Waals surface area contributed by atoms with Crippen molar-refractivity contribution in [1.29, 1.82) is 0 Å². The van der Waals surface area contributed by atoms with E-state index in [2.05, 4.69) is 22.9 Å². The van der Waals surface area contributed by atoms with Gasteiger partial charge in [-0.2, -0.15) is 0 Å². The Balaban J connectivity index is 0.000000319. The second-order valence-corrected chi connectivity index (χ2v) is 12.2. The molecule has 3 N–H and O–H groups in total. The molecule has 4 atom stereocenters. The number of hydrogen-bond donors (Lipinski definition) is 3. The minimum atomic E-state index is -0.539. The Morgan fingerprint density at radius 1 is 0.800 bits per heavy atom. The SMILES string of the molecule is CCN(C(=O)OCc1ccccc1)[C@H]1CC[C@@H]1NC(=O)OC(C)(C)C.CCN[C@H]1CC[C@@H]1NC(=O)OC(C)(C)C. The summed E-state index contributed by atoms with van der Waals surface area (Å²) in [5.74, 6) is 0. The number of ether oxygens (including phenoxy) is 3. The molecule has 0 heterocycles. The molecule has 3 amide bonds. The van der Waals surface area contributed by atoms with Crippen molar-refractivity contribution in [2.75, 3.05) is 13.1 Å². The Bertz CT molecular complexity index is 944. The lowest BCUT2D eigenvalue weighted by molar-refractivity contribution is 0.0283. The molecule has 0 aromatic heterocycles. The molecule has 0 radical (unpaired) electrons. The van der Waals surface area contributed by atoms with Crippen molar-refractivity contribution in [3.05, 3.63) is 35.9 Å². The summed E-state index contributed by atoms with van der Waals surface area (Å²) in [4.78, 5) is 37.5. The summed E-state index contributed by atoms with van der Waals surface area (Å²) in [6, 6.07) is 10.1. The van der Waals surface area contributed by atoms with Gasteiger partial charge in [-0.05, 0) is 86.3 Å². The Morgan fingerprint density at radius 2 is 1.32 bits per heavy atom. The van der Waals surface area contributed by atoms with Crippen molar-refractivity contribution in [3.63, 3.8) is 0 Å². The van der Waals surface area contributed by atoms with Crippen LogP contribution in [0.25, 0.3) is 0 Å². The van der Waals surface area contributed by atoms with E-state index in [9.17, 15) is 14.4 Å². The number of amides is 3. The average Bonchev–Trinajstić information content (AvgIpc) is 2.83. The molecule has 0 bridgehead atoms. The topological polar surface area (TPSA) is 118 Å². The maximum Gasteiger partial charge on any atom is 0.410 e. The van der Waals surface area contributed by atoms with Crippen molar-refractivity contribution in [1.82, 2.24) is 20.9 Å². The zero-order chi connectivity index (χ0) is 29.9. The van der Waals surface area contributed by atoms with Gasteiger partial charge in [0.05, 0.1) is 12.1 Å². The van der Waals surface area contributed by atoms with Crippen LogP contribution in [0.5, 0.6) is 0 Å². The predicted octanol–water partition coefficient (Wildman–Crippen LogP) is 5.35. The monoisotopic (exact) mass is 562 g/mol. The third-order valence-corrected chi connectivity index (χ3v) is 6.56. The van der Waals surface area contributed by atoms with Crippen LogP contribution in [0.4, 0.5) is 14.4 Å². The van der Waals surface area contributed by atoms with Crippen molar-refractivity contribution in [2.24, 2.45) is 0 Å². The minimum Gasteiger partial charge on any atom is -0.445 e. The minimum absolute atomic E-state index is 0.0548. The summed E-state index contributed by atoms with van der Waals surface area (Å²) < 4.78 is 15.9. The Hall–Kier alpha value is -3.01. The van der Waals surface area contributed by atoms with Crippen molar-refractivity contribution in [2.45, 2.75) is 123 Å². The predicted molar refractivity (Wildman–Crippen MR) is 155 cm³/mol. The number of hydrogen-bond acceptors (Lipinski definition) is 7. The van der Waals surface area contributed by atoms with E-state index in [0.717, 1.165) is 37.8 Å². The number of rotatable bonds is 8. The summed E-state index contributed by atoms with van der Waals surface area (Å²) in [6.45, 7) is 16.8.